The Morgan fingerprint density at radius 2 is 1.62 bits per heavy atom. The SMILES string of the molecule is CC(C)(C#Cc1ccc(-c2ccc(Cl)c3c(CS(=O)(=O)C4CC4)nn(CC(F)F)c23)c([C@@H](CC(=O)Cn2nc(C(F)F)c3c2C(F)(F)[C@@H]2C[C@H]32)Cc2cc(F)cc(F)c2)n1)S(C)(=O)=O. The molecule has 3 atom stereocenters. The maximum absolute atomic E-state index is 15.5. The second kappa shape index (κ2) is 16.2. The summed E-state index contributed by atoms with van der Waals surface area (Å²) in [4.78, 5) is 18.9. The van der Waals surface area contributed by atoms with E-state index in [1.807, 2.05) is 0 Å². The van der Waals surface area contributed by atoms with Gasteiger partial charge < -0.3 is 0 Å². The fourth-order valence-corrected chi connectivity index (χ4v) is 10.6. The number of pyridine rings is 1. The van der Waals surface area contributed by atoms with Gasteiger partial charge in [0.1, 0.15) is 46.6 Å². The number of halogens is 9. The molecule has 3 aliphatic carbocycles. The molecule has 64 heavy (non-hydrogen) atoms. The molecule has 0 bridgehead atoms. The van der Waals surface area contributed by atoms with Crippen molar-refractivity contribution in [3.63, 3.8) is 0 Å². The molecule has 3 aliphatic rings. The fraction of sp³-hybridized carbons (Fsp3) is 0.442. The number of nitrogens with zero attached hydrogens (tertiary/aromatic N) is 5. The number of hydrogen-bond acceptors (Lipinski definition) is 8. The Hall–Kier alpha value is -4.87. The van der Waals surface area contributed by atoms with E-state index in [0.29, 0.717) is 23.6 Å². The van der Waals surface area contributed by atoms with E-state index in [4.69, 9.17) is 16.6 Å². The number of aromatic nitrogens is 5. The molecule has 2 aromatic carbocycles. The summed E-state index contributed by atoms with van der Waals surface area (Å²) >= 11 is 6.68. The van der Waals surface area contributed by atoms with E-state index >= 15 is 8.78 Å². The third-order valence-electron chi connectivity index (χ3n) is 12.0. The van der Waals surface area contributed by atoms with Gasteiger partial charge in [-0.05, 0) is 87.3 Å². The number of fused-ring (bicyclic) bond motifs is 4. The van der Waals surface area contributed by atoms with Gasteiger partial charge in [-0.15, -0.1) is 0 Å². The molecule has 5 aromatic rings. The smallest absolute Gasteiger partial charge is 0.293 e. The molecule has 2 fully saturated rings. The molecule has 0 unspecified atom stereocenters. The van der Waals surface area contributed by atoms with E-state index in [9.17, 15) is 48.0 Å². The van der Waals surface area contributed by atoms with E-state index in [1.165, 1.54) is 38.1 Å². The van der Waals surface area contributed by atoms with Crippen molar-refractivity contribution in [3.8, 4) is 23.0 Å². The third kappa shape index (κ3) is 8.66. The zero-order chi connectivity index (χ0) is 46.4. The van der Waals surface area contributed by atoms with Gasteiger partial charge in [-0.25, -0.2) is 48.2 Å². The molecule has 0 amide bonds. The minimum absolute atomic E-state index is 0.0131. The Bertz CT molecular complexity index is 3010. The lowest BCUT2D eigenvalue weighted by atomic mass is 9.86. The molecule has 0 radical (unpaired) electrons. The summed E-state index contributed by atoms with van der Waals surface area (Å²) in [6.45, 7) is 0.754. The van der Waals surface area contributed by atoms with Gasteiger partial charge in [0.15, 0.2) is 25.5 Å². The van der Waals surface area contributed by atoms with Gasteiger partial charge in [-0.1, -0.05) is 23.6 Å². The summed E-state index contributed by atoms with van der Waals surface area (Å²) in [5, 5.41) is 7.40. The van der Waals surface area contributed by atoms with E-state index in [1.54, 1.807) is 0 Å². The largest absolute Gasteiger partial charge is 0.298 e. The molecule has 0 aliphatic heterocycles. The molecule has 0 spiro atoms. The average Bonchev–Trinajstić information content (AvgIpc) is 4.10. The molecule has 8 rings (SSSR count). The fourth-order valence-electron chi connectivity index (χ4n) is 8.43. The molecule has 21 heteroatoms. The van der Waals surface area contributed by atoms with Gasteiger partial charge in [-0.2, -0.15) is 19.0 Å². The van der Waals surface area contributed by atoms with E-state index in [-0.39, 0.29) is 68.1 Å². The Labute approximate surface area is 367 Å². The van der Waals surface area contributed by atoms with Crippen molar-refractivity contribution in [1.82, 2.24) is 24.5 Å². The van der Waals surface area contributed by atoms with Crippen molar-refractivity contribution < 1.29 is 56.8 Å². The number of hydrogen-bond donors (Lipinski definition) is 0. The lowest BCUT2D eigenvalue weighted by Crippen LogP contribution is -2.28. The second-order valence-electron chi connectivity index (χ2n) is 17.1. The number of carbonyl (C=O) groups is 1. The lowest BCUT2D eigenvalue weighted by molar-refractivity contribution is -0.120. The minimum atomic E-state index is -3.78. The van der Waals surface area contributed by atoms with Crippen LogP contribution >= 0.6 is 11.6 Å². The summed E-state index contributed by atoms with van der Waals surface area (Å²) in [5.41, 5.74) is -2.10. The maximum Gasteiger partial charge on any atom is 0.293 e. The zero-order valence-corrected chi connectivity index (χ0v) is 36.5. The van der Waals surface area contributed by atoms with Crippen LogP contribution in [-0.2, 0) is 55.7 Å². The van der Waals surface area contributed by atoms with Crippen LogP contribution in [-0.4, -0.2) is 69.8 Å². The number of benzene rings is 2. The zero-order valence-electron chi connectivity index (χ0n) is 34.2. The van der Waals surface area contributed by atoms with Gasteiger partial charge in [0.2, 0.25) is 0 Å². The monoisotopic (exact) mass is 955 g/mol. The first-order valence-corrected chi connectivity index (χ1v) is 24.0. The lowest BCUT2D eigenvalue weighted by Gasteiger charge is -2.22. The van der Waals surface area contributed by atoms with Crippen LogP contribution in [0, 0.1) is 29.4 Å². The predicted molar refractivity (Wildman–Crippen MR) is 220 cm³/mol. The summed E-state index contributed by atoms with van der Waals surface area (Å²) in [5.74, 6) is -4.99. The number of alkyl halides is 6. The third-order valence-corrected chi connectivity index (χ3v) is 16.4. The Morgan fingerprint density at radius 3 is 2.25 bits per heavy atom. The number of rotatable bonds is 15. The normalized spacial score (nSPS) is 18.6. The van der Waals surface area contributed by atoms with Crippen LogP contribution < -0.4 is 0 Å². The molecule has 3 heterocycles. The van der Waals surface area contributed by atoms with Gasteiger partial charge in [0.05, 0.1) is 32.9 Å². The molecular weight excluding hydrogens is 918 g/mol. The maximum atomic E-state index is 15.5. The van der Waals surface area contributed by atoms with Crippen molar-refractivity contribution >= 4 is 48.0 Å². The molecule has 3 aromatic heterocycles. The quantitative estimate of drug-likeness (QED) is 0.0751. The van der Waals surface area contributed by atoms with E-state index in [2.05, 4.69) is 22.0 Å². The minimum Gasteiger partial charge on any atom is -0.298 e. The molecular formula is C43H38ClF8N5O5S2. The van der Waals surface area contributed by atoms with Gasteiger partial charge >= 0.3 is 0 Å². The number of ketones is 1. The van der Waals surface area contributed by atoms with Crippen LogP contribution in [0.15, 0.2) is 42.5 Å². The van der Waals surface area contributed by atoms with E-state index in [0.717, 1.165) is 23.1 Å². The summed E-state index contributed by atoms with van der Waals surface area (Å²) < 4.78 is 169. The van der Waals surface area contributed by atoms with Crippen LogP contribution in [0.2, 0.25) is 5.02 Å². The van der Waals surface area contributed by atoms with Crippen LogP contribution in [0.4, 0.5) is 35.1 Å². The standard InChI is InChI=1S/C43H38ClF8N5O5S2/c1-42(2,63(3,59)60)11-10-25-4-7-28(29-8-9-32(44)36-33(20-64(61,62)27-5-6-27)54-56(39(29)36)19-34(47)48)37(53-25)22(12-21-13-23(45)16-24(46)14-21)15-26(58)18-57-40-35(38(55-57)41(49)50)30-17-31(30)43(40,51)52/h4,7-9,13-14,16,22,27,30-31,34,41H,5-6,12,15,17-20H2,1-3H3/t22-,30+,31-/m1/s1. The highest BCUT2D eigenvalue weighted by Crippen LogP contribution is 2.68. The first-order valence-electron chi connectivity index (χ1n) is 20.0. The second-order valence-corrected chi connectivity index (χ2v) is 22.4. The van der Waals surface area contributed by atoms with Crippen LogP contribution in [0.5, 0.6) is 0 Å². The molecule has 2 saturated carbocycles. The number of sulfone groups is 2. The summed E-state index contributed by atoms with van der Waals surface area (Å²) in [7, 11) is -7.55. The van der Waals surface area contributed by atoms with E-state index < -0.39 is 120 Å². The van der Waals surface area contributed by atoms with Crippen molar-refractivity contribution in [1.29, 1.82) is 0 Å². The van der Waals surface area contributed by atoms with Crippen LogP contribution in [0.25, 0.3) is 22.0 Å². The predicted octanol–water partition coefficient (Wildman–Crippen LogP) is 8.88. The Kier molecular flexibility index (Phi) is 11.6. The Morgan fingerprint density at radius 1 is 0.953 bits per heavy atom. The van der Waals surface area contributed by atoms with Gasteiger partial charge in [-0.3, -0.25) is 14.2 Å². The summed E-state index contributed by atoms with van der Waals surface area (Å²) in [6, 6.07) is 8.14. The first-order chi connectivity index (χ1) is 29.9. The average molecular weight is 956 g/mol. The highest BCUT2D eigenvalue weighted by atomic mass is 35.5. The Balaban J connectivity index is 1.31. The first kappa shape index (κ1) is 45.7. The number of carbonyl (C=O) groups excluding carboxylic acids is 1. The molecule has 0 N–H and O–H groups in total. The topological polar surface area (TPSA) is 134 Å². The van der Waals surface area contributed by atoms with Crippen molar-refractivity contribution in [2.75, 3.05) is 6.26 Å². The van der Waals surface area contributed by atoms with Gasteiger partial charge in [0.25, 0.3) is 18.8 Å². The van der Waals surface area contributed by atoms with Crippen LogP contribution in [0.3, 0.4) is 0 Å². The highest BCUT2D eigenvalue weighted by molar-refractivity contribution is 7.92. The molecule has 340 valence electrons. The molecule has 10 nitrogen and oxygen atoms in total. The van der Waals surface area contributed by atoms with Crippen molar-refractivity contribution in [2.45, 2.75) is 105 Å². The van der Waals surface area contributed by atoms with Crippen molar-refractivity contribution in [2.24, 2.45) is 5.92 Å². The number of Topliss-reactive ketones (excluding diaryl/α,β-unsaturated/α-hetero) is 1. The van der Waals surface area contributed by atoms with Crippen LogP contribution in [0.1, 0.15) is 97.4 Å². The van der Waals surface area contributed by atoms with Crippen molar-refractivity contribution in [3.05, 3.63) is 98.7 Å². The molecule has 0 saturated heterocycles. The van der Waals surface area contributed by atoms with Gasteiger partial charge in [0, 0.05) is 52.7 Å². The highest BCUT2D eigenvalue weighted by Gasteiger charge is 2.67. The summed E-state index contributed by atoms with van der Waals surface area (Å²) in [6.07, 6.45) is -5.48.